The van der Waals surface area contributed by atoms with Crippen LogP contribution in [-0.2, 0) is 4.74 Å². The zero-order chi connectivity index (χ0) is 12.7. The monoisotopic (exact) mass is 243 g/mol. The summed E-state index contributed by atoms with van der Waals surface area (Å²) in [4.78, 5) is 2.49. The fourth-order valence-corrected chi connectivity index (χ4v) is 2.84. The summed E-state index contributed by atoms with van der Waals surface area (Å²) in [5.41, 5.74) is 0.164. The molecule has 1 aliphatic carbocycles. The third-order valence-electron chi connectivity index (χ3n) is 4.33. The molecule has 0 saturated heterocycles. The lowest BCUT2D eigenvalue weighted by Gasteiger charge is -2.37. The zero-order valence-corrected chi connectivity index (χ0v) is 11.7. The molecule has 0 aromatic rings. The van der Waals surface area contributed by atoms with Crippen molar-refractivity contribution in [3.63, 3.8) is 0 Å². The Morgan fingerprint density at radius 2 is 2.00 bits per heavy atom. The van der Waals surface area contributed by atoms with Crippen molar-refractivity contribution in [1.29, 1.82) is 0 Å². The molecule has 3 nitrogen and oxygen atoms in total. The molecule has 0 aromatic carbocycles. The molecule has 1 N–H and O–H groups in total. The van der Waals surface area contributed by atoms with Crippen LogP contribution in [0.1, 0.15) is 46.0 Å². The van der Waals surface area contributed by atoms with Crippen molar-refractivity contribution in [2.24, 2.45) is 5.41 Å². The molecule has 1 atom stereocenters. The predicted octanol–water partition coefficient (Wildman–Crippen LogP) is 2.29. The van der Waals surface area contributed by atoms with E-state index in [0.29, 0.717) is 12.6 Å². The van der Waals surface area contributed by atoms with Crippen LogP contribution in [0.2, 0.25) is 0 Å². The Hall–Kier alpha value is -0.120. The highest BCUT2D eigenvalue weighted by Gasteiger charge is 2.35. The summed E-state index contributed by atoms with van der Waals surface area (Å²) in [7, 11) is 1.76. The lowest BCUT2D eigenvalue weighted by Crippen LogP contribution is -2.44. The Balaban J connectivity index is 2.56. The van der Waals surface area contributed by atoms with Crippen LogP contribution in [0.4, 0.5) is 0 Å². The van der Waals surface area contributed by atoms with E-state index in [-0.39, 0.29) is 5.41 Å². The van der Waals surface area contributed by atoms with Gasteiger partial charge in [0.1, 0.15) is 0 Å². The van der Waals surface area contributed by atoms with Crippen LogP contribution in [0.25, 0.3) is 0 Å². The first-order valence-electron chi connectivity index (χ1n) is 7.01. The molecule has 0 spiro atoms. The van der Waals surface area contributed by atoms with Gasteiger partial charge in [0.15, 0.2) is 0 Å². The normalized spacial score (nSPS) is 21.0. The predicted molar refractivity (Wildman–Crippen MR) is 71.2 cm³/mol. The molecule has 1 rings (SSSR count). The van der Waals surface area contributed by atoms with Gasteiger partial charge in [-0.1, -0.05) is 19.8 Å². The molecule has 3 heteroatoms. The topological polar surface area (TPSA) is 32.7 Å². The van der Waals surface area contributed by atoms with Crippen LogP contribution in [0.15, 0.2) is 0 Å². The highest BCUT2D eigenvalue weighted by Crippen LogP contribution is 2.38. The first-order valence-corrected chi connectivity index (χ1v) is 7.01. The molecule has 0 aliphatic heterocycles. The quantitative estimate of drug-likeness (QED) is 0.710. The van der Waals surface area contributed by atoms with Crippen molar-refractivity contribution in [1.82, 2.24) is 4.90 Å². The number of nitrogens with zero attached hydrogens (tertiary/aromatic N) is 1. The van der Waals surface area contributed by atoms with Gasteiger partial charge in [0.05, 0.1) is 6.61 Å². The number of aliphatic hydroxyl groups is 1. The summed E-state index contributed by atoms with van der Waals surface area (Å²) < 4.78 is 5.19. The second-order valence-electron chi connectivity index (χ2n) is 5.59. The van der Waals surface area contributed by atoms with Crippen molar-refractivity contribution in [3.05, 3.63) is 0 Å². The minimum absolute atomic E-state index is 0.164. The Bertz CT molecular complexity index is 202. The molecule has 1 fully saturated rings. The third-order valence-corrected chi connectivity index (χ3v) is 4.33. The second kappa shape index (κ2) is 7.34. The lowest BCUT2D eigenvalue weighted by molar-refractivity contribution is 0.0443. The van der Waals surface area contributed by atoms with Crippen molar-refractivity contribution >= 4 is 0 Å². The van der Waals surface area contributed by atoms with E-state index in [2.05, 4.69) is 18.7 Å². The Kier molecular flexibility index (Phi) is 6.45. The summed E-state index contributed by atoms with van der Waals surface area (Å²) >= 11 is 0. The molecule has 0 radical (unpaired) electrons. The first kappa shape index (κ1) is 14.9. The van der Waals surface area contributed by atoms with Crippen LogP contribution < -0.4 is 0 Å². The van der Waals surface area contributed by atoms with Gasteiger partial charge in [-0.2, -0.15) is 0 Å². The second-order valence-corrected chi connectivity index (χ2v) is 5.59. The van der Waals surface area contributed by atoms with Crippen molar-refractivity contribution in [2.45, 2.75) is 52.0 Å². The summed E-state index contributed by atoms with van der Waals surface area (Å²) in [5.74, 6) is 0. The maximum atomic E-state index is 9.69. The fourth-order valence-electron chi connectivity index (χ4n) is 2.84. The molecular formula is C14H29NO2. The Morgan fingerprint density at radius 1 is 1.35 bits per heavy atom. The molecule has 0 bridgehead atoms. The third kappa shape index (κ3) is 4.23. The zero-order valence-electron chi connectivity index (χ0n) is 11.7. The summed E-state index contributed by atoms with van der Waals surface area (Å²) in [5, 5.41) is 9.69. The highest BCUT2D eigenvalue weighted by atomic mass is 16.5. The fraction of sp³-hybridized carbons (Fsp3) is 1.00. The van der Waals surface area contributed by atoms with Gasteiger partial charge in [-0.05, 0) is 26.2 Å². The van der Waals surface area contributed by atoms with Crippen molar-refractivity contribution < 1.29 is 9.84 Å². The van der Waals surface area contributed by atoms with Gasteiger partial charge in [-0.3, -0.25) is 4.90 Å². The van der Waals surface area contributed by atoms with E-state index in [1.54, 1.807) is 7.11 Å². The minimum Gasteiger partial charge on any atom is -0.396 e. The van der Waals surface area contributed by atoms with Gasteiger partial charge >= 0.3 is 0 Å². The Labute approximate surface area is 106 Å². The van der Waals surface area contributed by atoms with Crippen molar-refractivity contribution in [2.75, 3.05) is 33.4 Å². The molecule has 0 aromatic heterocycles. The summed E-state index contributed by atoms with van der Waals surface area (Å²) in [6.45, 7) is 7.63. The molecule has 1 aliphatic rings. The van der Waals surface area contributed by atoms with Crippen LogP contribution in [0, 0.1) is 5.41 Å². The van der Waals surface area contributed by atoms with E-state index in [9.17, 15) is 5.11 Å². The van der Waals surface area contributed by atoms with Crippen molar-refractivity contribution in [3.8, 4) is 0 Å². The average Bonchev–Trinajstić information content (AvgIpc) is 2.82. The Morgan fingerprint density at radius 3 is 2.47 bits per heavy atom. The molecule has 17 heavy (non-hydrogen) atoms. The molecular weight excluding hydrogens is 214 g/mol. The van der Waals surface area contributed by atoms with Gasteiger partial charge in [0.25, 0.3) is 0 Å². The molecule has 0 heterocycles. The number of hydrogen-bond acceptors (Lipinski definition) is 3. The summed E-state index contributed by atoms with van der Waals surface area (Å²) in [6, 6.07) is 0.578. The standard InChI is InChI=1S/C14H29NO2/c1-4-13(2)15(9-10-17-3)11-14(12-16)7-5-6-8-14/h13,16H,4-12H2,1-3H3. The van der Waals surface area contributed by atoms with Gasteiger partial charge in [0, 0.05) is 38.3 Å². The van der Waals surface area contributed by atoms with E-state index in [1.165, 1.54) is 25.7 Å². The minimum atomic E-state index is 0.164. The van der Waals surface area contributed by atoms with Gasteiger partial charge in [-0.25, -0.2) is 0 Å². The van der Waals surface area contributed by atoms with E-state index in [4.69, 9.17) is 4.74 Å². The average molecular weight is 243 g/mol. The molecule has 1 saturated carbocycles. The van der Waals surface area contributed by atoms with Gasteiger partial charge in [-0.15, -0.1) is 0 Å². The number of aliphatic hydroxyl groups excluding tert-OH is 1. The van der Waals surface area contributed by atoms with Gasteiger partial charge in [0.2, 0.25) is 0 Å². The van der Waals surface area contributed by atoms with E-state index < -0.39 is 0 Å². The van der Waals surface area contributed by atoms with E-state index in [1.807, 2.05) is 0 Å². The first-order chi connectivity index (χ1) is 8.17. The van der Waals surface area contributed by atoms with E-state index in [0.717, 1.165) is 26.1 Å². The number of methoxy groups -OCH3 is 1. The largest absolute Gasteiger partial charge is 0.396 e. The summed E-state index contributed by atoms with van der Waals surface area (Å²) in [6.07, 6.45) is 6.08. The SMILES string of the molecule is CCC(C)N(CCOC)CC1(CO)CCCC1. The van der Waals surface area contributed by atoms with Crippen LogP contribution >= 0.6 is 0 Å². The smallest absolute Gasteiger partial charge is 0.0589 e. The maximum absolute atomic E-state index is 9.69. The van der Waals surface area contributed by atoms with Crippen LogP contribution in [0.3, 0.4) is 0 Å². The highest BCUT2D eigenvalue weighted by molar-refractivity contribution is 4.88. The molecule has 0 amide bonds. The maximum Gasteiger partial charge on any atom is 0.0589 e. The van der Waals surface area contributed by atoms with Gasteiger partial charge < -0.3 is 9.84 Å². The van der Waals surface area contributed by atoms with E-state index >= 15 is 0 Å². The molecule has 102 valence electrons. The number of ether oxygens (including phenoxy) is 1. The number of hydrogen-bond donors (Lipinski definition) is 1. The van der Waals surface area contributed by atoms with Crippen LogP contribution in [-0.4, -0.2) is 49.5 Å². The number of rotatable bonds is 8. The molecule has 1 unspecified atom stereocenters. The van der Waals surface area contributed by atoms with Crippen LogP contribution in [0.5, 0.6) is 0 Å². The lowest BCUT2D eigenvalue weighted by atomic mass is 9.86.